The average molecular weight is 432 g/mol. The number of carbonyl (C=O) groups is 1. The summed E-state index contributed by atoms with van der Waals surface area (Å²) >= 11 is 12.0. The Morgan fingerprint density at radius 2 is 2.04 bits per heavy atom. The molecule has 0 radical (unpaired) electrons. The van der Waals surface area contributed by atoms with Crippen molar-refractivity contribution in [3.8, 4) is 5.75 Å². The van der Waals surface area contributed by atoms with Crippen LogP contribution in [0.5, 0.6) is 5.75 Å². The first-order valence-corrected chi connectivity index (χ1v) is 9.98. The number of sulfonamides is 1. The molecule has 0 fully saturated rings. The summed E-state index contributed by atoms with van der Waals surface area (Å²) in [5.74, 6) is -0.145. The van der Waals surface area contributed by atoms with Gasteiger partial charge in [-0.3, -0.25) is 0 Å². The molecule has 0 atom stereocenters. The van der Waals surface area contributed by atoms with Gasteiger partial charge < -0.3 is 14.2 Å². The fraction of sp³-hybridized carbons (Fsp3) is 0.235. The molecule has 1 aliphatic rings. The Balaban J connectivity index is 1.81. The smallest absolute Gasteiger partial charge is 0.338 e. The fourth-order valence-corrected chi connectivity index (χ4v) is 4.05. The summed E-state index contributed by atoms with van der Waals surface area (Å²) in [5.41, 5.74) is 1.40. The third-order valence-corrected chi connectivity index (χ3v) is 5.95. The fourth-order valence-electron chi connectivity index (χ4n) is 2.54. The number of benzene rings is 2. The number of esters is 1. The van der Waals surface area contributed by atoms with Crippen LogP contribution in [0.3, 0.4) is 0 Å². The highest BCUT2D eigenvalue weighted by Gasteiger charge is 2.21. The lowest BCUT2D eigenvalue weighted by Crippen LogP contribution is -2.19. The quantitative estimate of drug-likeness (QED) is 0.731. The van der Waals surface area contributed by atoms with Gasteiger partial charge in [0.1, 0.15) is 17.3 Å². The number of halogens is 2. The third kappa shape index (κ3) is 4.36. The molecule has 0 bridgehead atoms. The Kier molecular flexibility index (Phi) is 5.92. The van der Waals surface area contributed by atoms with Crippen molar-refractivity contribution in [2.24, 2.45) is 0 Å². The predicted octanol–water partition coefficient (Wildman–Crippen LogP) is 3.13. The van der Waals surface area contributed by atoms with Gasteiger partial charge in [0.25, 0.3) is 0 Å². The lowest BCUT2D eigenvalue weighted by molar-refractivity contribution is -0.0180. The number of carbonyl (C=O) groups excluding carboxylic acids is 1. The van der Waals surface area contributed by atoms with Crippen molar-refractivity contribution in [3.63, 3.8) is 0 Å². The van der Waals surface area contributed by atoms with E-state index in [1.54, 1.807) is 12.1 Å². The van der Waals surface area contributed by atoms with E-state index < -0.39 is 16.0 Å². The van der Waals surface area contributed by atoms with Crippen molar-refractivity contribution in [2.45, 2.75) is 18.1 Å². The third-order valence-electron chi connectivity index (χ3n) is 3.84. The molecule has 0 aromatic heterocycles. The first-order chi connectivity index (χ1) is 12.8. The van der Waals surface area contributed by atoms with Crippen molar-refractivity contribution in [2.75, 3.05) is 13.8 Å². The highest BCUT2D eigenvalue weighted by Crippen LogP contribution is 2.32. The molecule has 1 N–H and O–H groups in total. The highest BCUT2D eigenvalue weighted by atomic mass is 35.5. The number of hydrogen-bond donors (Lipinski definition) is 1. The first-order valence-electron chi connectivity index (χ1n) is 7.74. The minimum absolute atomic E-state index is 0.00166. The molecule has 1 heterocycles. The molecule has 2 aromatic carbocycles. The van der Waals surface area contributed by atoms with Gasteiger partial charge in [-0.25, -0.2) is 17.9 Å². The van der Waals surface area contributed by atoms with E-state index in [1.165, 1.54) is 19.2 Å². The summed E-state index contributed by atoms with van der Waals surface area (Å²) in [4.78, 5) is 12.2. The molecule has 0 unspecified atom stereocenters. The highest BCUT2D eigenvalue weighted by molar-refractivity contribution is 7.89. The van der Waals surface area contributed by atoms with E-state index in [4.69, 9.17) is 37.4 Å². The first kappa shape index (κ1) is 19.9. The summed E-state index contributed by atoms with van der Waals surface area (Å²) in [5, 5.41) is 0.459. The molecular weight excluding hydrogens is 417 g/mol. The molecule has 0 amide bonds. The van der Waals surface area contributed by atoms with Gasteiger partial charge in [-0.05, 0) is 37.4 Å². The maximum atomic E-state index is 12.4. The van der Waals surface area contributed by atoms with Gasteiger partial charge in [0.15, 0.2) is 6.79 Å². The lowest BCUT2D eigenvalue weighted by Gasteiger charge is -2.21. The van der Waals surface area contributed by atoms with Crippen molar-refractivity contribution in [1.29, 1.82) is 0 Å². The van der Waals surface area contributed by atoms with Crippen LogP contribution in [0.2, 0.25) is 10.0 Å². The number of fused-ring (bicyclic) bond motifs is 1. The number of nitrogens with one attached hydrogen (secondary N) is 1. The minimum Gasteiger partial charge on any atom is -0.467 e. The van der Waals surface area contributed by atoms with Gasteiger partial charge in [0.05, 0.1) is 17.2 Å². The van der Waals surface area contributed by atoms with E-state index in [-0.39, 0.29) is 28.9 Å². The van der Waals surface area contributed by atoms with E-state index in [0.29, 0.717) is 22.9 Å². The van der Waals surface area contributed by atoms with Crippen LogP contribution < -0.4 is 9.46 Å². The van der Waals surface area contributed by atoms with E-state index in [9.17, 15) is 13.2 Å². The SMILES string of the molecule is CNS(=O)(=O)c1cc(C(=O)OCc2cc(Cl)cc3c2OCOC3)ccc1Cl. The van der Waals surface area contributed by atoms with Gasteiger partial charge >= 0.3 is 5.97 Å². The molecule has 2 aromatic rings. The van der Waals surface area contributed by atoms with E-state index >= 15 is 0 Å². The normalized spacial score (nSPS) is 13.6. The van der Waals surface area contributed by atoms with Crippen LogP contribution in [0, 0.1) is 0 Å². The molecule has 0 spiro atoms. The summed E-state index contributed by atoms with van der Waals surface area (Å²) < 4.78 is 42.1. The summed E-state index contributed by atoms with van der Waals surface area (Å²) in [7, 11) is -2.56. The van der Waals surface area contributed by atoms with Gasteiger partial charge in [-0.1, -0.05) is 23.2 Å². The van der Waals surface area contributed by atoms with E-state index in [0.717, 1.165) is 11.6 Å². The maximum Gasteiger partial charge on any atom is 0.338 e. The molecule has 3 rings (SSSR count). The van der Waals surface area contributed by atoms with Gasteiger partial charge in [0, 0.05) is 16.1 Å². The standard InChI is InChI=1S/C17H15Cl2NO6S/c1-20-27(22,23)15-6-10(2-3-14(15)19)17(21)25-8-12-5-13(18)4-11-7-24-9-26-16(11)12/h2-6,20H,7-9H2,1H3. The topological polar surface area (TPSA) is 90.9 Å². The zero-order chi connectivity index (χ0) is 19.6. The molecule has 7 nitrogen and oxygen atoms in total. The second-order valence-electron chi connectivity index (χ2n) is 5.59. The number of ether oxygens (including phenoxy) is 3. The molecule has 0 saturated carbocycles. The van der Waals surface area contributed by atoms with Gasteiger partial charge in [-0.15, -0.1) is 0 Å². The molecule has 27 heavy (non-hydrogen) atoms. The van der Waals surface area contributed by atoms with Gasteiger partial charge in [0.2, 0.25) is 10.0 Å². The summed E-state index contributed by atoms with van der Waals surface area (Å²) in [6.45, 7) is 0.343. The van der Waals surface area contributed by atoms with Gasteiger partial charge in [-0.2, -0.15) is 0 Å². The Bertz CT molecular complexity index is 993. The Labute approximate surface area is 166 Å². The summed E-state index contributed by atoms with van der Waals surface area (Å²) in [6, 6.07) is 7.22. The molecule has 10 heteroatoms. The Morgan fingerprint density at radius 1 is 1.26 bits per heavy atom. The number of rotatable bonds is 5. The van der Waals surface area contributed by atoms with E-state index in [2.05, 4.69) is 4.72 Å². The Hall–Kier alpha value is -1.84. The van der Waals surface area contributed by atoms with Crippen LogP contribution in [-0.4, -0.2) is 28.2 Å². The van der Waals surface area contributed by atoms with E-state index in [1.807, 2.05) is 0 Å². The van der Waals surface area contributed by atoms with Crippen molar-refractivity contribution in [3.05, 3.63) is 57.1 Å². The van der Waals surface area contributed by atoms with Crippen molar-refractivity contribution < 1.29 is 27.4 Å². The Morgan fingerprint density at radius 3 is 2.78 bits per heavy atom. The molecular formula is C17H15Cl2NO6S. The second-order valence-corrected chi connectivity index (χ2v) is 8.29. The predicted molar refractivity (Wildman–Crippen MR) is 98.6 cm³/mol. The summed E-state index contributed by atoms with van der Waals surface area (Å²) in [6.07, 6.45) is 0. The van der Waals surface area contributed by atoms with Crippen LogP contribution >= 0.6 is 23.2 Å². The van der Waals surface area contributed by atoms with Crippen LogP contribution in [0.4, 0.5) is 0 Å². The maximum absolute atomic E-state index is 12.4. The monoisotopic (exact) mass is 431 g/mol. The van der Waals surface area contributed by atoms with Crippen LogP contribution in [0.15, 0.2) is 35.2 Å². The molecule has 144 valence electrons. The average Bonchev–Trinajstić information content (AvgIpc) is 2.65. The minimum atomic E-state index is -3.81. The van der Waals surface area contributed by atoms with Crippen LogP contribution in [0.1, 0.15) is 21.5 Å². The second kappa shape index (κ2) is 8.04. The van der Waals surface area contributed by atoms with Crippen LogP contribution in [-0.2, 0) is 32.7 Å². The molecule has 0 aliphatic carbocycles. The van der Waals surface area contributed by atoms with Crippen LogP contribution in [0.25, 0.3) is 0 Å². The molecule has 1 aliphatic heterocycles. The molecule has 0 saturated heterocycles. The van der Waals surface area contributed by atoms with Crippen molar-refractivity contribution in [1.82, 2.24) is 4.72 Å². The largest absolute Gasteiger partial charge is 0.467 e. The number of hydrogen-bond acceptors (Lipinski definition) is 6. The lowest BCUT2D eigenvalue weighted by atomic mass is 10.1. The zero-order valence-corrected chi connectivity index (χ0v) is 16.5. The zero-order valence-electron chi connectivity index (χ0n) is 14.1. The van der Waals surface area contributed by atoms with Crippen molar-refractivity contribution >= 4 is 39.2 Å².